The highest BCUT2D eigenvalue weighted by atomic mass is 16.2. The lowest BCUT2D eigenvalue weighted by atomic mass is 10.0. The highest BCUT2D eigenvalue weighted by molar-refractivity contribution is 6.44. The first kappa shape index (κ1) is 11.4. The lowest BCUT2D eigenvalue weighted by Gasteiger charge is -2.13. The fourth-order valence-corrected chi connectivity index (χ4v) is 2.18. The molecule has 0 bridgehead atoms. The van der Waals surface area contributed by atoms with Crippen LogP contribution in [0.1, 0.15) is 5.56 Å². The molecular formula is C14H10N2O3. The summed E-state index contributed by atoms with van der Waals surface area (Å²) in [7, 11) is 0. The van der Waals surface area contributed by atoms with Crippen molar-refractivity contribution in [2.45, 2.75) is 6.54 Å². The van der Waals surface area contributed by atoms with Gasteiger partial charge in [-0.25, -0.2) is 4.79 Å². The third kappa shape index (κ3) is 1.85. The Labute approximate surface area is 108 Å². The second-order valence-corrected chi connectivity index (χ2v) is 4.29. The summed E-state index contributed by atoms with van der Waals surface area (Å²) in [5.74, 6) is -1.68. The molecule has 0 saturated carbocycles. The minimum absolute atomic E-state index is 0.0950. The number of rotatable bonds is 2. The number of carbonyl (C=O) groups is 3. The number of urea groups is 1. The zero-order chi connectivity index (χ0) is 13.4. The molecular weight excluding hydrogens is 244 g/mol. The molecule has 1 heterocycles. The van der Waals surface area contributed by atoms with E-state index in [9.17, 15) is 14.4 Å². The van der Waals surface area contributed by atoms with Crippen LogP contribution in [0.15, 0.2) is 42.5 Å². The molecule has 0 radical (unpaired) electrons. The molecule has 4 amide bonds. The maximum atomic E-state index is 11.5. The van der Waals surface area contributed by atoms with Gasteiger partial charge in [0.05, 0.1) is 6.54 Å². The molecule has 0 spiro atoms. The largest absolute Gasteiger partial charge is 0.331 e. The third-order valence-electron chi connectivity index (χ3n) is 3.11. The van der Waals surface area contributed by atoms with E-state index in [1.165, 1.54) is 0 Å². The quantitative estimate of drug-likeness (QED) is 0.651. The average Bonchev–Trinajstić information content (AvgIpc) is 2.66. The highest BCUT2D eigenvalue weighted by Gasteiger charge is 2.36. The fraction of sp³-hybridized carbons (Fsp3) is 0.0714. The summed E-state index contributed by atoms with van der Waals surface area (Å²) in [5, 5.41) is 3.97. The Bertz CT molecular complexity index is 703. The SMILES string of the molecule is O=C1NC(=O)N(Cc2cccc3ccccc23)C1=O. The van der Waals surface area contributed by atoms with Crippen molar-refractivity contribution in [2.24, 2.45) is 0 Å². The maximum absolute atomic E-state index is 11.5. The van der Waals surface area contributed by atoms with Crippen LogP contribution in [0, 0.1) is 0 Å². The summed E-state index contributed by atoms with van der Waals surface area (Å²) in [6.07, 6.45) is 0. The number of nitrogens with one attached hydrogen (secondary N) is 1. The van der Waals surface area contributed by atoms with Gasteiger partial charge in [-0.15, -0.1) is 0 Å². The molecule has 1 N–H and O–H groups in total. The summed E-state index contributed by atoms with van der Waals surface area (Å²) in [6.45, 7) is 0.0950. The average molecular weight is 254 g/mol. The van der Waals surface area contributed by atoms with E-state index >= 15 is 0 Å². The monoisotopic (exact) mass is 254 g/mol. The lowest BCUT2D eigenvalue weighted by Crippen LogP contribution is -2.30. The van der Waals surface area contributed by atoms with E-state index in [0.29, 0.717) is 0 Å². The van der Waals surface area contributed by atoms with Gasteiger partial charge in [0.2, 0.25) is 0 Å². The predicted molar refractivity (Wildman–Crippen MR) is 68.0 cm³/mol. The van der Waals surface area contributed by atoms with Crippen molar-refractivity contribution >= 4 is 28.6 Å². The van der Waals surface area contributed by atoms with E-state index in [-0.39, 0.29) is 6.54 Å². The van der Waals surface area contributed by atoms with Gasteiger partial charge in [0.25, 0.3) is 0 Å². The number of hydrogen-bond acceptors (Lipinski definition) is 3. The van der Waals surface area contributed by atoms with Gasteiger partial charge in [-0.3, -0.25) is 19.8 Å². The number of hydrogen-bond donors (Lipinski definition) is 1. The minimum atomic E-state index is -0.870. The standard InChI is InChI=1S/C14H10N2O3/c17-12-13(18)16(14(19)15-12)8-10-6-3-5-9-4-1-2-7-11(9)10/h1-7H,8H2,(H,15,17,19). The molecule has 5 nitrogen and oxygen atoms in total. The number of fused-ring (bicyclic) bond motifs is 1. The molecule has 0 unspecified atom stereocenters. The van der Waals surface area contributed by atoms with Crippen molar-refractivity contribution in [3.63, 3.8) is 0 Å². The molecule has 0 aromatic heterocycles. The summed E-state index contributed by atoms with van der Waals surface area (Å²) in [6, 6.07) is 12.7. The molecule has 0 atom stereocenters. The topological polar surface area (TPSA) is 66.5 Å². The third-order valence-corrected chi connectivity index (χ3v) is 3.11. The summed E-state index contributed by atoms with van der Waals surface area (Å²) in [5.41, 5.74) is 0.830. The smallest absolute Gasteiger partial charge is 0.269 e. The normalized spacial score (nSPS) is 15.2. The van der Waals surface area contributed by atoms with Crippen LogP contribution in [0.5, 0.6) is 0 Å². The Hall–Kier alpha value is -2.69. The van der Waals surface area contributed by atoms with Crippen LogP contribution in [0.4, 0.5) is 4.79 Å². The molecule has 3 rings (SSSR count). The predicted octanol–water partition coefficient (Wildman–Crippen LogP) is 1.42. The van der Waals surface area contributed by atoms with Crippen LogP contribution < -0.4 is 5.32 Å². The van der Waals surface area contributed by atoms with Crippen LogP contribution >= 0.6 is 0 Å². The number of carbonyl (C=O) groups excluding carboxylic acids is 3. The second-order valence-electron chi connectivity index (χ2n) is 4.29. The second kappa shape index (κ2) is 4.20. The molecule has 5 heteroatoms. The zero-order valence-electron chi connectivity index (χ0n) is 9.92. The van der Waals surface area contributed by atoms with Gasteiger partial charge in [0, 0.05) is 0 Å². The first-order valence-electron chi connectivity index (χ1n) is 5.80. The van der Waals surface area contributed by atoms with Crippen LogP contribution in [0.3, 0.4) is 0 Å². The first-order valence-corrected chi connectivity index (χ1v) is 5.80. The van der Waals surface area contributed by atoms with E-state index in [0.717, 1.165) is 21.2 Å². The Balaban J connectivity index is 2.00. The molecule has 1 fully saturated rings. The van der Waals surface area contributed by atoms with Crippen molar-refractivity contribution in [3.05, 3.63) is 48.0 Å². The van der Waals surface area contributed by atoms with Crippen molar-refractivity contribution in [1.82, 2.24) is 10.2 Å². The van der Waals surface area contributed by atoms with Crippen LogP contribution in [-0.2, 0) is 16.1 Å². The van der Waals surface area contributed by atoms with E-state index in [1.807, 2.05) is 47.8 Å². The molecule has 1 aliphatic rings. The molecule has 1 aliphatic heterocycles. The summed E-state index contributed by atoms with van der Waals surface area (Å²) < 4.78 is 0. The lowest BCUT2D eigenvalue weighted by molar-refractivity contribution is -0.140. The zero-order valence-corrected chi connectivity index (χ0v) is 9.92. The van der Waals surface area contributed by atoms with Gasteiger partial charge in [-0.1, -0.05) is 42.5 Å². The number of benzene rings is 2. The van der Waals surface area contributed by atoms with E-state index in [2.05, 4.69) is 0 Å². The van der Waals surface area contributed by atoms with Crippen molar-refractivity contribution in [2.75, 3.05) is 0 Å². The van der Waals surface area contributed by atoms with Gasteiger partial charge in [0.15, 0.2) is 0 Å². The minimum Gasteiger partial charge on any atom is -0.269 e. The molecule has 1 saturated heterocycles. The van der Waals surface area contributed by atoms with Gasteiger partial charge in [0.1, 0.15) is 0 Å². The van der Waals surface area contributed by atoms with E-state index in [1.54, 1.807) is 0 Å². The molecule has 0 aliphatic carbocycles. The van der Waals surface area contributed by atoms with Crippen LogP contribution in [0.2, 0.25) is 0 Å². The van der Waals surface area contributed by atoms with Crippen molar-refractivity contribution in [1.29, 1.82) is 0 Å². The Morgan fingerprint density at radius 2 is 1.68 bits per heavy atom. The summed E-state index contributed by atoms with van der Waals surface area (Å²) >= 11 is 0. The first-order chi connectivity index (χ1) is 9.16. The number of amides is 4. The fourth-order valence-electron chi connectivity index (χ4n) is 2.18. The highest BCUT2D eigenvalue weighted by Crippen LogP contribution is 2.20. The molecule has 2 aromatic carbocycles. The Morgan fingerprint density at radius 3 is 2.42 bits per heavy atom. The molecule has 19 heavy (non-hydrogen) atoms. The van der Waals surface area contributed by atoms with E-state index < -0.39 is 17.8 Å². The van der Waals surface area contributed by atoms with Gasteiger partial charge in [-0.05, 0) is 16.3 Å². The number of nitrogens with zero attached hydrogens (tertiary/aromatic N) is 1. The Morgan fingerprint density at radius 1 is 0.947 bits per heavy atom. The Kier molecular flexibility index (Phi) is 2.52. The number of imide groups is 2. The van der Waals surface area contributed by atoms with E-state index in [4.69, 9.17) is 0 Å². The van der Waals surface area contributed by atoms with Crippen molar-refractivity contribution in [3.8, 4) is 0 Å². The van der Waals surface area contributed by atoms with Crippen LogP contribution in [0.25, 0.3) is 10.8 Å². The maximum Gasteiger partial charge on any atom is 0.331 e. The van der Waals surface area contributed by atoms with Crippen molar-refractivity contribution < 1.29 is 14.4 Å². The molecule has 2 aromatic rings. The van der Waals surface area contributed by atoms with Gasteiger partial charge >= 0.3 is 17.8 Å². The molecule has 94 valence electrons. The van der Waals surface area contributed by atoms with Gasteiger partial charge < -0.3 is 0 Å². The summed E-state index contributed by atoms with van der Waals surface area (Å²) in [4.78, 5) is 35.1. The van der Waals surface area contributed by atoms with Crippen LogP contribution in [-0.4, -0.2) is 22.7 Å². The van der Waals surface area contributed by atoms with Gasteiger partial charge in [-0.2, -0.15) is 0 Å².